The van der Waals surface area contributed by atoms with E-state index >= 15 is 0 Å². The van der Waals surface area contributed by atoms with Crippen molar-refractivity contribution in [2.75, 3.05) is 14.2 Å². The molecule has 1 aromatic carbocycles. The molecule has 2 heterocycles. The number of thioether (sulfide) groups is 1. The highest BCUT2D eigenvalue weighted by Crippen LogP contribution is 2.33. The van der Waals surface area contributed by atoms with Gasteiger partial charge >= 0.3 is 6.55 Å². The lowest BCUT2D eigenvalue weighted by Crippen LogP contribution is -2.01. The molecule has 25 heavy (non-hydrogen) atoms. The molecule has 0 aliphatic heterocycles. The fourth-order valence-electron chi connectivity index (χ4n) is 2.11. The molecule has 0 spiro atoms. The Morgan fingerprint density at radius 3 is 2.72 bits per heavy atom. The normalized spacial score (nSPS) is 11.1. The molecule has 10 heteroatoms. The highest BCUT2D eigenvalue weighted by Gasteiger charge is 2.15. The number of nitrogens with zero attached hydrogens (tertiary/aromatic N) is 4. The van der Waals surface area contributed by atoms with Gasteiger partial charge in [-0.3, -0.25) is 4.57 Å². The number of ether oxygens (including phenoxy) is 2. The van der Waals surface area contributed by atoms with Crippen molar-refractivity contribution in [3.63, 3.8) is 0 Å². The van der Waals surface area contributed by atoms with Crippen LogP contribution in [0.15, 0.2) is 40.2 Å². The van der Waals surface area contributed by atoms with Gasteiger partial charge in [-0.1, -0.05) is 11.8 Å². The van der Waals surface area contributed by atoms with E-state index in [1.165, 1.54) is 19.5 Å². The van der Waals surface area contributed by atoms with E-state index in [1.807, 2.05) is 0 Å². The monoisotopic (exact) mass is 368 g/mol. The zero-order valence-corrected chi connectivity index (χ0v) is 14.2. The molecule has 7 nitrogen and oxygen atoms in total. The second-order valence-electron chi connectivity index (χ2n) is 4.76. The van der Waals surface area contributed by atoms with Gasteiger partial charge in [-0.25, -0.2) is 4.98 Å². The SMILES string of the molecule is COc1ccc(-c2nnc(SCc3nccn3C(F)F)o2)cc1OC. The molecule has 0 radical (unpaired) electrons. The molecule has 0 aliphatic rings. The first kappa shape index (κ1) is 17.2. The largest absolute Gasteiger partial charge is 0.493 e. The molecule has 3 rings (SSSR count). The maximum absolute atomic E-state index is 12.8. The van der Waals surface area contributed by atoms with Crippen molar-refractivity contribution in [2.45, 2.75) is 17.5 Å². The lowest BCUT2D eigenvalue weighted by Gasteiger charge is -2.07. The van der Waals surface area contributed by atoms with Crippen LogP contribution in [0.4, 0.5) is 8.78 Å². The van der Waals surface area contributed by atoms with Crippen molar-refractivity contribution in [2.24, 2.45) is 0 Å². The molecule has 2 aromatic heterocycles. The number of halogens is 2. The molecule has 0 atom stereocenters. The molecule has 0 aliphatic carbocycles. The third kappa shape index (κ3) is 3.73. The highest BCUT2D eigenvalue weighted by molar-refractivity contribution is 7.98. The Labute approximate surface area is 146 Å². The standard InChI is InChI=1S/C15H14F2N4O3S/c1-22-10-4-3-9(7-11(10)23-2)13-19-20-15(24-13)25-8-12-18-5-6-21(12)14(16)17/h3-7,14H,8H2,1-2H3. The van der Waals surface area contributed by atoms with Gasteiger partial charge < -0.3 is 13.9 Å². The maximum atomic E-state index is 12.8. The van der Waals surface area contributed by atoms with E-state index in [9.17, 15) is 8.78 Å². The van der Waals surface area contributed by atoms with Gasteiger partial charge in [-0.2, -0.15) is 8.78 Å². The van der Waals surface area contributed by atoms with Gasteiger partial charge in [0, 0.05) is 18.0 Å². The Balaban J connectivity index is 1.73. The van der Waals surface area contributed by atoms with Gasteiger partial charge in [0.1, 0.15) is 5.82 Å². The molecule has 3 aromatic rings. The Bertz CT molecular complexity index is 853. The van der Waals surface area contributed by atoms with Gasteiger partial charge in [-0.15, -0.1) is 10.2 Å². The first-order valence-corrected chi connectivity index (χ1v) is 8.09. The quantitative estimate of drug-likeness (QED) is 0.589. The fraction of sp³-hybridized carbons (Fsp3) is 0.267. The number of hydrogen-bond donors (Lipinski definition) is 0. The van der Waals surface area contributed by atoms with Crippen LogP contribution in [0.3, 0.4) is 0 Å². The summed E-state index contributed by atoms with van der Waals surface area (Å²) in [5, 5.41) is 8.14. The number of alkyl halides is 2. The molecule has 0 bridgehead atoms. The zero-order valence-electron chi connectivity index (χ0n) is 13.3. The molecule has 0 amide bonds. The first-order chi connectivity index (χ1) is 12.1. The van der Waals surface area contributed by atoms with Crippen LogP contribution >= 0.6 is 11.8 Å². The Kier molecular flexibility index (Phi) is 5.17. The van der Waals surface area contributed by atoms with E-state index in [0.717, 1.165) is 16.3 Å². The summed E-state index contributed by atoms with van der Waals surface area (Å²) in [6, 6.07) is 5.20. The second kappa shape index (κ2) is 7.51. The summed E-state index contributed by atoms with van der Waals surface area (Å²) < 4.78 is 42.3. The zero-order chi connectivity index (χ0) is 17.8. The predicted octanol–water partition coefficient (Wildman–Crippen LogP) is 3.64. The van der Waals surface area contributed by atoms with Gasteiger partial charge in [0.25, 0.3) is 5.22 Å². The van der Waals surface area contributed by atoms with Gasteiger partial charge in [0.15, 0.2) is 11.5 Å². The van der Waals surface area contributed by atoms with Crippen molar-refractivity contribution in [3.05, 3.63) is 36.4 Å². The minimum atomic E-state index is -2.64. The number of hydrogen-bond acceptors (Lipinski definition) is 7. The van der Waals surface area contributed by atoms with Crippen molar-refractivity contribution in [1.29, 1.82) is 0 Å². The fourth-order valence-corrected chi connectivity index (χ4v) is 2.83. The van der Waals surface area contributed by atoms with Crippen LogP contribution < -0.4 is 9.47 Å². The van der Waals surface area contributed by atoms with Crippen molar-refractivity contribution in [1.82, 2.24) is 19.7 Å². The van der Waals surface area contributed by atoms with Crippen LogP contribution in [0.25, 0.3) is 11.5 Å². The molecular weight excluding hydrogens is 354 g/mol. The molecule has 0 saturated heterocycles. The maximum Gasteiger partial charge on any atom is 0.319 e. The second-order valence-corrected chi connectivity index (χ2v) is 5.69. The van der Waals surface area contributed by atoms with Crippen LogP contribution in [0.5, 0.6) is 11.5 Å². The number of benzene rings is 1. The van der Waals surface area contributed by atoms with Crippen molar-refractivity contribution >= 4 is 11.8 Å². The lowest BCUT2D eigenvalue weighted by atomic mass is 10.2. The van der Waals surface area contributed by atoms with Crippen molar-refractivity contribution in [3.8, 4) is 23.0 Å². The van der Waals surface area contributed by atoms with Crippen LogP contribution in [0, 0.1) is 0 Å². The number of rotatable bonds is 7. The van der Waals surface area contributed by atoms with Gasteiger partial charge in [0.05, 0.1) is 20.0 Å². The minimum absolute atomic E-state index is 0.185. The molecular formula is C15H14F2N4O3S. The van der Waals surface area contributed by atoms with Crippen molar-refractivity contribution < 1.29 is 22.7 Å². The van der Waals surface area contributed by atoms with E-state index < -0.39 is 6.55 Å². The number of aromatic nitrogens is 4. The summed E-state index contributed by atoms with van der Waals surface area (Å²) in [4.78, 5) is 3.90. The van der Waals surface area contributed by atoms with Crippen LogP contribution in [0.1, 0.15) is 12.4 Å². The van der Waals surface area contributed by atoms with E-state index in [1.54, 1.807) is 25.3 Å². The summed E-state index contributed by atoms with van der Waals surface area (Å²) in [6.07, 6.45) is 2.55. The summed E-state index contributed by atoms with van der Waals surface area (Å²) in [5.41, 5.74) is 0.658. The molecule has 0 N–H and O–H groups in total. The molecule has 0 saturated carbocycles. The first-order valence-electron chi connectivity index (χ1n) is 7.11. The number of imidazole rings is 1. The Hall–Kier alpha value is -2.62. The average molecular weight is 368 g/mol. The van der Waals surface area contributed by atoms with E-state index in [-0.39, 0.29) is 16.8 Å². The van der Waals surface area contributed by atoms with E-state index in [2.05, 4.69) is 15.2 Å². The summed E-state index contributed by atoms with van der Waals surface area (Å²) in [7, 11) is 3.07. The average Bonchev–Trinajstić information content (AvgIpc) is 3.28. The Morgan fingerprint density at radius 1 is 1.20 bits per heavy atom. The van der Waals surface area contributed by atoms with Gasteiger partial charge in [0.2, 0.25) is 5.89 Å². The van der Waals surface area contributed by atoms with Crippen LogP contribution in [0.2, 0.25) is 0 Å². The topological polar surface area (TPSA) is 75.2 Å². The molecule has 0 fully saturated rings. The number of methoxy groups -OCH3 is 2. The van der Waals surface area contributed by atoms with Crippen LogP contribution in [-0.2, 0) is 5.75 Å². The lowest BCUT2D eigenvalue weighted by molar-refractivity contribution is 0.0678. The van der Waals surface area contributed by atoms with E-state index in [4.69, 9.17) is 13.9 Å². The molecule has 132 valence electrons. The summed E-state index contributed by atoms with van der Waals surface area (Å²) in [6.45, 7) is -2.64. The third-order valence-electron chi connectivity index (χ3n) is 3.32. The highest BCUT2D eigenvalue weighted by atomic mass is 32.2. The van der Waals surface area contributed by atoms with Gasteiger partial charge in [-0.05, 0) is 18.2 Å². The smallest absolute Gasteiger partial charge is 0.319 e. The predicted molar refractivity (Wildman–Crippen MR) is 85.9 cm³/mol. The minimum Gasteiger partial charge on any atom is -0.493 e. The molecule has 0 unspecified atom stereocenters. The third-order valence-corrected chi connectivity index (χ3v) is 4.14. The van der Waals surface area contributed by atoms with Crippen LogP contribution in [-0.4, -0.2) is 34.0 Å². The van der Waals surface area contributed by atoms with E-state index in [0.29, 0.717) is 23.0 Å². The summed E-state index contributed by atoms with van der Waals surface area (Å²) in [5.74, 6) is 1.82. The Morgan fingerprint density at radius 2 is 2.00 bits per heavy atom. The summed E-state index contributed by atoms with van der Waals surface area (Å²) >= 11 is 1.13.